The molecule has 2 heterocycles. The van der Waals surface area contributed by atoms with E-state index in [2.05, 4.69) is 10.3 Å². The van der Waals surface area contributed by atoms with E-state index < -0.39 is 23.7 Å². The zero-order valence-electron chi connectivity index (χ0n) is 13.7. The van der Waals surface area contributed by atoms with Crippen LogP contribution >= 0.6 is 0 Å². The van der Waals surface area contributed by atoms with Crippen LogP contribution in [0, 0.1) is 0 Å². The first-order chi connectivity index (χ1) is 10.8. The van der Waals surface area contributed by atoms with Crippen molar-refractivity contribution in [3.05, 3.63) is 30.1 Å². The third kappa shape index (κ3) is 4.92. The van der Waals surface area contributed by atoms with Gasteiger partial charge in [-0.15, -0.1) is 0 Å². The number of nitrogens with zero attached hydrogens (tertiary/aromatic N) is 2. The second kappa shape index (κ2) is 6.95. The lowest BCUT2D eigenvalue weighted by Gasteiger charge is -2.25. The average Bonchev–Trinajstić information content (AvgIpc) is 2.85. The largest absolute Gasteiger partial charge is 0.480 e. The highest BCUT2D eigenvalue weighted by atomic mass is 16.6. The highest BCUT2D eigenvalue weighted by Gasteiger charge is 2.34. The van der Waals surface area contributed by atoms with Crippen LogP contribution in [-0.2, 0) is 9.53 Å². The van der Waals surface area contributed by atoms with Gasteiger partial charge in [0, 0.05) is 31.5 Å². The van der Waals surface area contributed by atoms with Crippen LogP contribution in [0.15, 0.2) is 24.5 Å². The summed E-state index contributed by atoms with van der Waals surface area (Å²) >= 11 is 0. The molecular weight excluding hydrogens is 298 g/mol. The third-order valence-electron chi connectivity index (χ3n) is 3.54. The maximum Gasteiger partial charge on any atom is 0.407 e. The lowest BCUT2D eigenvalue weighted by Crippen LogP contribution is -2.41. The molecule has 1 aromatic heterocycles. The molecule has 0 unspecified atom stereocenters. The summed E-state index contributed by atoms with van der Waals surface area (Å²) in [6.07, 6.45) is 3.38. The number of carbonyl (C=O) groups excluding carboxylic acids is 1. The first kappa shape index (κ1) is 17.2. The minimum absolute atomic E-state index is 0.122. The predicted octanol–water partition coefficient (Wildman–Crippen LogP) is 1.81. The van der Waals surface area contributed by atoms with Crippen molar-refractivity contribution >= 4 is 12.1 Å². The average molecular weight is 321 g/mol. The van der Waals surface area contributed by atoms with Gasteiger partial charge in [-0.3, -0.25) is 14.7 Å². The van der Waals surface area contributed by atoms with Gasteiger partial charge in [0.15, 0.2) is 0 Å². The number of carboxylic acids is 1. The van der Waals surface area contributed by atoms with Crippen LogP contribution in [0.3, 0.4) is 0 Å². The number of likely N-dealkylation sites (tertiary alicyclic amines) is 1. The van der Waals surface area contributed by atoms with E-state index in [0.717, 1.165) is 0 Å². The Morgan fingerprint density at radius 2 is 2.22 bits per heavy atom. The number of alkyl carbamates (subject to hydrolysis) is 1. The molecule has 7 nitrogen and oxygen atoms in total. The smallest absolute Gasteiger partial charge is 0.407 e. The normalized spacial score (nSPS) is 20.0. The molecule has 0 saturated carbocycles. The minimum Gasteiger partial charge on any atom is -0.480 e. The molecule has 2 atom stereocenters. The van der Waals surface area contributed by atoms with Gasteiger partial charge in [0.1, 0.15) is 11.6 Å². The van der Waals surface area contributed by atoms with Crippen molar-refractivity contribution in [2.24, 2.45) is 0 Å². The number of nitrogens with one attached hydrogen (secondary N) is 1. The van der Waals surface area contributed by atoms with Crippen molar-refractivity contribution < 1.29 is 19.4 Å². The maximum atomic E-state index is 11.8. The Bertz CT molecular complexity index is 556. The van der Waals surface area contributed by atoms with E-state index in [1.807, 2.05) is 4.90 Å². The summed E-state index contributed by atoms with van der Waals surface area (Å²) in [6, 6.07) is 2.59. The fourth-order valence-electron chi connectivity index (χ4n) is 2.66. The fourth-order valence-corrected chi connectivity index (χ4v) is 2.66. The number of rotatable bonds is 4. The molecule has 1 aliphatic heterocycles. The van der Waals surface area contributed by atoms with Crippen LogP contribution in [-0.4, -0.2) is 51.8 Å². The summed E-state index contributed by atoms with van der Waals surface area (Å²) in [6.45, 7) is 6.46. The van der Waals surface area contributed by atoms with Crippen LogP contribution in [0.25, 0.3) is 0 Å². The van der Waals surface area contributed by atoms with Crippen molar-refractivity contribution in [3.63, 3.8) is 0 Å². The van der Waals surface area contributed by atoms with Crippen LogP contribution in [0.4, 0.5) is 4.79 Å². The van der Waals surface area contributed by atoms with E-state index in [-0.39, 0.29) is 6.04 Å². The molecule has 0 aromatic carbocycles. The Kier molecular flexibility index (Phi) is 5.20. The van der Waals surface area contributed by atoms with Crippen LogP contribution < -0.4 is 5.32 Å². The van der Waals surface area contributed by atoms with Gasteiger partial charge in [-0.1, -0.05) is 6.07 Å². The number of pyridine rings is 1. The van der Waals surface area contributed by atoms with Gasteiger partial charge in [0.25, 0.3) is 0 Å². The highest BCUT2D eigenvalue weighted by Crippen LogP contribution is 2.25. The van der Waals surface area contributed by atoms with E-state index in [1.54, 1.807) is 45.3 Å². The summed E-state index contributed by atoms with van der Waals surface area (Å²) in [5, 5.41) is 12.3. The second-order valence-corrected chi connectivity index (χ2v) is 6.65. The third-order valence-corrected chi connectivity index (χ3v) is 3.54. The lowest BCUT2D eigenvalue weighted by atomic mass is 10.1. The summed E-state index contributed by atoms with van der Waals surface area (Å²) in [4.78, 5) is 29.3. The van der Waals surface area contributed by atoms with Gasteiger partial charge in [-0.05, 0) is 38.8 Å². The van der Waals surface area contributed by atoms with E-state index in [4.69, 9.17) is 4.74 Å². The molecule has 1 saturated heterocycles. The van der Waals surface area contributed by atoms with E-state index in [1.165, 1.54) is 0 Å². The molecule has 0 radical (unpaired) electrons. The zero-order valence-corrected chi connectivity index (χ0v) is 13.7. The topological polar surface area (TPSA) is 91.8 Å². The maximum absolute atomic E-state index is 11.8. The molecular formula is C16H23N3O4. The number of carbonyl (C=O) groups is 2. The first-order valence-corrected chi connectivity index (χ1v) is 7.62. The molecule has 1 aromatic rings. The molecule has 0 aliphatic carbocycles. The number of ether oxygens (including phenoxy) is 1. The molecule has 1 fully saturated rings. The Morgan fingerprint density at radius 3 is 2.78 bits per heavy atom. The SMILES string of the molecule is CC(C)(C)OC(=O)N[C@H]1CCN([C@H](C(=O)O)c2cccnc2)C1. The van der Waals surface area contributed by atoms with Crippen molar-refractivity contribution in [1.82, 2.24) is 15.2 Å². The Morgan fingerprint density at radius 1 is 1.48 bits per heavy atom. The number of amides is 1. The molecule has 1 amide bonds. The molecule has 126 valence electrons. The van der Waals surface area contributed by atoms with Crippen LogP contribution in [0.2, 0.25) is 0 Å². The standard InChI is InChI=1S/C16H23N3O4/c1-16(2,3)23-15(22)18-12-6-8-19(10-12)13(14(20)21)11-5-4-7-17-9-11/h4-5,7,9,12-13H,6,8,10H2,1-3H3,(H,18,22)(H,20,21)/t12-,13-/m0/s1. The number of aromatic nitrogens is 1. The van der Waals surface area contributed by atoms with Gasteiger partial charge in [0.2, 0.25) is 0 Å². The van der Waals surface area contributed by atoms with Crippen molar-refractivity contribution in [1.29, 1.82) is 0 Å². The van der Waals surface area contributed by atoms with Crippen molar-refractivity contribution in [2.45, 2.75) is 44.9 Å². The Hall–Kier alpha value is -2.15. The van der Waals surface area contributed by atoms with Crippen molar-refractivity contribution in [2.75, 3.05) is 13.1 Å². The molecule has 0 bridgehead atoms. The first-order valence-electron chi connectivity index (χ1n) is 7.62. The van der Waals surface area contributed by atoms with E-state index >= 15 is 0 Å². The molecule has 0 spiro atoms. The molecule has 2 N–H and O–H groups in total. The van der Waals surface area contributed by atoms with Gasteiger partial charge in [0.05, 0.1) is 0 Å². The minimum atomic E-state index is -0.920. The van der Waals surface area contributed by atoms with E-state index in [0.29, 0.717) is 25.1 Å². The number of hydrogen-bond donors (Lipinski definition) is 2. The van der Waals surface area contributed by atoms with Gasteiger partial charge in [-0.25, -0.2) is 4.79 Å². The number of aliphatic carboxylic acids is 1. The number of carboxylic acid groups (broad SMARTS) is 1. The molecule has 2 rings (SSSR count). The van der Waals surface area contributed by atoms with Crippen LogP contribution in [0.1, 0.15) is 38.8 Å². The fraction of sp³-hybridized carbons (Fsp3) is 0.562. The Labute approximate surface area is 135 Å². The molecule has 7 heteroatoms. The summed E-state index contributed by atoms with van der Waals surface area (Å²) in [7, 11) is 0. The van der Waals surface area contributed by atoms with Crippen LogP contribution in [0.5, 0.6) is 0 Å². The zero-order chi connectivity index (χ0) is 17.0. The summed E-state index contributed by atoms with van der Waals surface area (Å²) < 4.78 is 5.23. The lowest BCUT2D eigenvalue weighted by molar-refractivity contribution is -0.143. The van der Waals surface area contributed by atoms with Gasteiger partial charge < -0.3 is 15.2 Å². The summed E-state index contributed by atoms with van der Waals surface area (Å²) in [5.74, 6) is -0.920. The number of hydrogen-bond acceptors (Lipinski definition) is 5. The monoisotopic (exact) mass is 321 g/mol. The quantitative estimate of drug-likeness (QED) is 0.879. The predicted molar refractivity (Wildman–Crippen MR) is 84.0 cm³/mol. The van der Waals surface area contributed by atoms with E-state index in [9.17, 15) is 14.7 Å². The van der Waals surface area contributed by atoms with Gasteiger partial charge >= 0.3 is 12.1 Å². The highest BCUT2D eigenvalue weighted by molar-refractivity contribution is 5.75. The molecule has 1 aliphatic rings. The molecule has 23 heavy (non-hydrogen) atoms. The Balaban J connectivity index is 1.98. The second-order valence-electron chi connectivity index (χ2n) is 6.65. The van der Waals surface area contributed by atoms with Crippen molar-refractivity contribution in [3.8, 4) is 0 Å². The van der Waals surface area contributed by atoms with Gasteiger partial charge in [-0.2, -0.15) is 0 Å². The summed E-state index contributed by atoms with van der Waals surface area (Å²) in [5.41, 5.74) is 0.0831.